The Bertz CT molecular complexity index is 1690. The summed E-state index contributed by atoms with van der Waals surface area (Å²) in [4.78, 5) is 65.9. The van der Waals surface area contributed by atoms with E-state index in [1.54, 1.807) is 38.1 Å². The van der Waals surface area contributed by atoms with E-state index in [4.69, 9.17) is 23.4 Å². The van der Waals surface area contributed by atoms with Gasteiger partial charge in [-0.25, -0.2) is 24.0 Å². The first kappa shape index (κ1) is 45.4. The molecule has 0 saturated heterocycles. The minimum atomic E-state index is -3.25. The van der Waals surface area contributed by atoms with Gasteiger partial charge in [0.05, 0.1) is 0 Å². The van der Waals surface area contributed by atoms with E-state index in [0.717, 1.165) is 10.4 Å². The molecule has 12 nitrogen and oxygen atoms in total. The monoisotopic (exact) mass is 791 g/mol. The number of carboxylic acid groups (broad SMARTS) is 1. The first-order valence-electron chi connectivity index (χ1n) is 19.0. The lowest BCUT2D eigenvalue weighted by Gasteiger charge is -2.45. The van der Waals surface area contributed by atoms with Gasteiger partial charge in [-0.2, -0.15) is 0 Å². The molecule has 2 N–H and O–H groups in total. The van der Waals surface area contributed by atoms with Crippen LogP contribution in [0.5, 0.6) is 0 Å². The fourth-order valence-electron chi connectivity index (χ4n) is 6.25. The van der Waals surface area contributed by atoms with Gasteiger partial charge in [-0.1, -0.05) is 139 Å². The van der Waals surface area contributed by atoms with E-state index in [9.17, 15) is 29.1 Å². The number of aliphatic carboxylic acids is 1. The zero-order valence-electron chi connectivity index (χ0n) is 33.9. The number of ether oxygens (including phenoxy) is 4. The van der Waals surface area contributed by atoms with Gasteiger partial charge in [0.1, 0.15) is 18.8 Å². The highest BCUT2D eigenvalue weighted by Gasteiger charge is 2.53. The summed E-state index contributed by atoms with van der Waals surface area (Å²) >= 11 is 0. The molecule has 3 aromatic carbocycles. The quantitative estimate of drug-likeness (QED) is 0.0810. The zero-order chi connectivity index (χ0) is 41.6. The van der Waals surface area contributed by atoms with E-state index in [0.29, 0.717) is 12.0 Å². The molecule has 0 aliphatic rings. The Labute approximate surface area is 331 Å². The van der Waals surface area contributed by atoms with Crippen LogP contribution in [0, 0.1) is 11.8 Å². The average molecular weight is 792 g/mol. The number of alkyl carbamates (subject to hydrolysis) is 1. The number of carbonyl (C=O) groups excluding carboxylic acids is 4. The molecule has 13 heteroatoms. The number of hydrogen-bond donors (Lipinski definition) is 2. The Morgan fingerprint density at radius 2 is 1.23 bits per heavy atom. The predicted octanol–water partition coefficient (Wildman–Crippen LogP) is 6.18. The van der Waals surface area contributed by atoms with Gasteiger partial charge >= 0.3 is 30.0 Å². The van der Waals surface area contributed by atoms with Gasteiger partial charge in [0.25, 0.3) is 8.32 Å². The SMILES string of the molecule is CCC(C)[C@H](OC(=O)[C@H](C)OC(=O)[C@@H](NC(=O)OCc1ccccc1)[C@@H](C)OC(=O)[C@H](CC(C)C)O[Si](c1ccccc1)(c1ccccc1)C(C)(C)C)C(=O)O. The molecule has 0 bridgehead atoms. The van der Waals surface area contributed by atoms with Crippen LogP contribution in [0.25, 0.3) is 0 Å². The molecule has 56 heavy (non-hydrogen) atoms. The highest BCUT2D eigenvalue weighted by molar-refractivity contribution is 6.99. The summed E-state index contributed by atoms with van der Waals surface area (Å²) in [5.41, 5.74) is 0.684. The fourth-order valence-corrected chi connectivity index (χ4v) is 10.9. The summed E-state index contributed by atoms with van der Waals surface area (Å²) in [7, 11) is -3.25. The van der Waals surface area contributed by atoms with Gasteiger partial charge in [-0.05, 0) is 53.6 Å². The van der Waals surface area contributed by atoms with E-state index in [2.05, 4.69) is 26.1 Å². The second kappa shape index (κ2) is 20.8. The Morgan fingerprint density at radius 3 is 1.70 bits per heavy atom. The fraction of sp³-hybridized carbons (Fsp3) is 0.465. The first-order valence-corrected chi connectivity index (χ1v) is 20.9. The molecular formula is C43H57NO11Si. The molecule has 0 heterocycles. The van der Waals surface area contributed by atoms with E-state index in [1.807, 2.05) is 80.6 Å². The van der Waals surface area contributed by atoms with E-state index >= 15 is 0 Å². The van der Waals surface area contributed by atoms with Gasteiger partial charge in [-0.15, -0.1) is 0 Å². The first-order chi connectivity index (χ1) is 26.4. The maximum absolute atomic E-state index is 14.3. The standard InChI is InChI=1S/C43H57NO11Si/c1-10-29(4)37(38(45)46)54-39(47)31(6)53-41(49)36(44-42(50)51-27-32-20-14-11-15-21-32)30(5)52-40(48)35(26-28(2)3)55-56(43(7,8)9,33-22-16-12-17-23-33)34-24-18-13-19-25-34/h11-25,28-31,35-37H,10,26-27H2,1-9H3,(H,44,50)(H,45,46)/t29?,30-,31+,35+,36+,37+/m1/s1. The Morgan fingerprint density at radius 1 is 0.714 bits per heavy atom. The van der Waals surface area contributed by atoms with Crippen molar-refractivity contribution in [1.29, 1.82) is 0 Å². The summed E-state index contributed by atoms with van der Waals surface area (Å²) in [6, 6.07) is 26.8. The van der Waals surface area contributed by atoms with E-state index in [1.165, 1.54) is 13.8 Å². The number of nitrogens with one attached hydrogen (secondary N) is 1. The van der Waals surface area contributed by atoms with Crippen LogP contribution in [0.2, 0.25) is 5.04 Å². The lowest BCUT2D eigenvalue weighted by Crippen LogP contribution is -2.68. The maximum atomic E-state index is 14.3. The van der Waals surface area contributed by atoms with Crippen molar-refractivity contribution in [2.75, 3.05) is 0 Å². The molecule has 0 aliphatic carbocycles. The molecule has 0 radical (unpaired) electrons. The summed E-state index contributed by atoms with van der Waals surface area (Å²) < 4.78 is 29.1. The molecule has 1 amide bonds. The molecule has 0 aromatic heterocycles. The van der Waals surface area contributed by atoms with Crippen molar-refractivity contribution >= 4 is 48.7 Å². The third kappa shape index (κ3) is 12.2. The van der Waals surface area contributed by atoms with Crippen molar-refractivity contribution in [3.05, 3.63) is 96.6 Å². The molecule has 6 atom stereocenters. The number of amides is 1. The van der Waals surface area contributed by atoms with Crippen LogP contribution in [0.1, 0.15) is 80.7 Å². The zero-order valence-corrected chi connectivity index (χ0v) is 34.9. The Balaban J connectivity index is 1.95. The summed E-state index contributed by atoms with van der Waals surface area (Å²) in [5, 5.41) is 13.5. The predicted molar refractivity (Wildman–Crippen MR) is 214 cm³/mol. The minimum Gasteiger partial charge on any atom is -0.478 e. The third-order valence-electron chi connectivity index (χ3n) is 9.47. The van der Waals surface area contributed by atoms with Crippen molar-refractivity contribution in [2.24, 2.45) is 11.8 Å². The average Bonchev–Trinajstić information content (AvgIpc) is 3.16. The normalized spacial score (nSPS) is 15.0. The molecular weight excluding hydrogens is 735 g/mol. The lowest BCUT2D eigenvalue weighted by molar-refractivity contribution is -0.180. The molecule has 0 fully saturated rings. The summed E-state index contributed by atoms with van der Waals surface area (Å²) in [5.74, 6) is -4.88. The second-order valence-corrected chi connectivity index (χ2v) is 19.6. The van der Waals surface area contributed by atoms with E-state index in [-0.39, 0.29) is 18.9 Å². The molecule has 3 rings (SSSR count). The van der Waals surface area contributed by atoms with Gasteiger partial charge in [-0.3, -0.25) is 0 Å². The van der Waals surface area contributed by atoms with Crippen LogP contribution in [0.4, 0.5) is 4.79 Å². The molecule has 0 spiro atoms. The number of rotatable bonds is 19. The molecule has 1 unspecified atom stereocenters. The van der Waals surface area contributed by atoms with Gasteiger partial charge in [0, 0.05) is 5.92 Å². The molecule has 0 aliphatic heterocycles. The highest BCUT2D eigenvalue weighted by Crippen LogP contribution is 2.38. The minimum absolute atomic E-state index is 0.00941. The molecule has 0 saturated carbocycles. The smallest absolute Gasteiger partial charge is 0.408 e. The van der Waals surface area contributed by atoms with Crippen LogP contribution in [-0.4, -0.2) is 73.9 Å². The molecule has 304 valence electrons. The maximum Gasteiger partial charge on any atom is 0.408 e. The van der Waals surface area contributed by atoms with Crippen LogP contribution in [-0.2, 0) is 49.2 Å². The third-order valence-corrected chi connectivity index (χ3v) is 14.5. The van der Waals surface area contributed by atoms with Gasteiger partial charge in [0.2, 0.25) is 6.10 Å². The Kier molecular flexibility index (Phi) is 16.8. The van der Waals surface area contributed by atoms with Gasteiger partial charge < -0.3 is 33.8 Å². The van der Waals surface area contributed by atoms with Crippen molar-refractivity contribution in [1.82, 2.24) is 5.32 Å². The lowest BCUT2D eigenvalue weighted by atomic mass is 10.0. The van der Waals surface area contributed by atoms with Crippen molar-refractivity contribution in [2.45, 2.75) is 117 Å². The number of esters is 3. The largest absolute Gasteiger partial charge is 0.478 e. The van der Waals surface area contributed by atoms with Crippen molar-refractivity contribution in [3.8, 4) is 0 Å². The van der Waals surface area contributed by atoms with Crippen molar-refractivity contribution in [3.63, 3.8) is 0 Å². The summed E-state index contributed by atoms with van der Waals surface area (Å²) in [6.07, 6.45) is -5.81. The van der Waals surface area contributed by atoms with Crippen molar-refractivity contribution < 1.29 is 52.5 Å². The van der Waals surface area contributed by atoms with Crippen LogP contribution < -0.4 is 15.7 Å². The second-order valence-electron chi connectivity index (χ2n) is 15.4. The van der Waals surface area contributed by atoms with Crippen LogP contribution in [0.15, 0.2) is 91.0 Å². The molecule has 3 aromatic rings. The Hall–Kier alpha value is -5.01. The summed E-state index contributed by atoms with van der Waals surface area (Å²) in [6.45, 7) is 16.0. The van der Waals surface area contributed by atoms with Crippen LogP contribution in [0.3, 0.4) is 0 Å². The van der Waals surface area contributed by atoms with Crippen LogP contribution >= 0.6 is 0 Å². The van der Waals surface area contributed by atoms with E-state index < -0.39 is 79.7 Å². The topological polar surface area (TPSA) is 164 Å². The number of carboxylic acids is 1. The number of hydrogen-bond acceptors (Lipinski definition) is 10. The highest BCUT2D eigenvalue weighted by atomic mass is 28.4. The van der Waals surface area contributed by atoms with Gasteiger partial charge in [0.15, 0.2) is 12.1 Å². The number of benzene rings is 3. The number of carbonyl (C=O) groups is 5.